The minimum Gasteiger partial charge on any atom is -0.340 e. The van der Waals surface area contributed by atoms with Gasteiger partial charge in [-0.1, -0.05) is 0 Å². The van der Waals surface area contributed by atoms with Gasteiger partial charge in [0.2, 0.25) is 0 Å². The summed E-state index contributed by atoms with van der Waals surface area (Å²) in [6, 6.07) is 4.92. The predicted octanol–water partition coefficient (Wildman–Crippen LogP) is 2.34. The highest BCUT2D eigenvalue weighted by atomic mass is 19.4. The van der Waals surface area contributed by atoms with Crippen molar-refractivity contribution >= 4 is 17.6 Å². The Morgan fingerprint density at radius 3 is 2.80 bits per heavy atom. The lowest BCUT2D eigenvalue weighted by Gasteiger charge is -2.27. The van der Waals surface area contributed by atoms with E-state index in [4.69, 9.17) is 5.26 Å². The van der Waals surface area contributed by atoms with Crippen LogP contribution in [0.15, 0.2) is 18.2 Å². The van der Waals surface area contributed by atoms with Crippen molar-refractivity contribution in [2.45, 2.75) is 25.7 Å². The molecule has 1 unspecified atom stereocenters. The number of benzene rings is 1. The van der Waals surface area contributed by atoms with E-state index in [-0.39, 0.29) is 49.3 Å². The summed E-state index contributed by atoms with van der Waals surface area (Å²) in [4.78, 5) is 28.9. The van der Waals surface area contributed by atoms with Gasteiger partial charge in [0.25, 0.3) is 5.91 Å². The van der Waals surface area contributed by atoms with E-state index >= 15 is 0 Å². The summed E-state index contributed by atoms with van der Waals surface area (Å²) in [5.41, 5.74) is 1.66. The SMILES string of the molecule is CN1CC(CNCC(F)(F)F)Cn2nc3c(c2C1=O)CN(C(=O)Nc1ccc(F)c(C#N)c1)CC3. The monoisotopic (exact) mass is 493 g/mol. The number of hydrogen-bond acceptors (Lipinski definition) is 5. The Bertz CT molecular complexity index is 1190. The first-order valence-corrected chi connectivity index (χ1v) is 10.9. The Morgan fingerprint density at radius 2 is 2.09 bits per heavy atom. The van der Waals surface area contributed by atoms with E-state index in [1.807, 2.05) is 0 Å². The molecule has 0 bridgehead atoms. The number of anilines is 1. The fourth-order valence-electron chi connectivity index (χ4n) is 4.36. The lowest BCUT2D eigenvalue weighted by atomic mass is 10.0. The second kappa shape index (κ2) is 9.53. The van der Waals surface area contributed by atoms with E-state index in [0.717, 1.165) is 6.07 Å². The zero-order valence-electron chi connectivity index (χ0n) is 18.8. The molecule has 0 aliphatic carbocycles. The summed E-state index contributed by atoms with van der Waals surface area (Å²) < 4.78 is 52.6. The van der Waals surface area contributed by atoms with Gasteiger partial charge in [0.1, 0.15) is 17.6 Å². The van der Waals surface area contributed by atoms with E-state index < -0.39 is 24.6 Å². The highest BCUT2D eigenvalue weighted by molar-refractivity contribution is 5.95. The number of carbonyl (C=O) groups excluding carboxylic acids is 2. The van der Waals surface area contributed by atoms with Crippen molar-refractivity contribution in [3.63, 3.8) is 0 Å². The number of rotatable bonds is 4. The van der Waals surface area contributed by atoms with Crippen molar-refractivity contribution in [3.8, 4) is 6.07 Å². The first-order valence-electron chi connectivity index (χ1n) is 10.9. The van der Waals surface area contributed by atoms with Crippen LogP contribution in [0, 0.1) is 23.1 Å². The van der Waals surface area contributed by atoms with Gasteiger partial charge < -0.3 is 20.4 Å². The molecule has 1 atom stereocenters. The average molecular weight is 493 g/mol. The smallest absolute Gasteiger partial charge is 0.340 e. The summed E-state index contributed by atoms with van der Waals surface area (Å²) in [5.74, 6) is -1.28. The van der Waals surface area contributed by atoms with Crippen LogP contribution in [0.3, 0.4) is 0 Å². The number of carbonyl (C=O) groups is 2. The largest absolute Gasteiger partial charge is 0.401 e. The minimum absolute atomic E-state index is 0.0674. The van der Waals surface area contributed by atoms with Gasteiger partial charge in [-0.2, -0.15) is 23.5 Å². The van der Waals surface area contributed by atoms with E-state index in [1.165, 1.54) is 26.6 Å². The van der Waals surface area contributed by atoms with Crippen molar-refractivity contribution in [1.29, 1.82) is 5.26 Å². The van der Waals surface area contributed by atoms with E-state index in [9.17, 15) is 27.2 Å². The number of urea groups is 1. The number of halogens is 4. The van der Waals surface area contributed by atoms with Crippen molar-refractivity contribution in [3.05, 3.63) is 46.5 Å². The zero-order valence-corrected chi connectivity index (χ0v) is 18.8. The molecule has 2 aliphatic heterocycles. The fourth-order valence-corrected chi connectivity index (χ4v) is 4.36. The minimum atomic E-state index is -4.32. The first-order chi connectivity index (χ1) is 16.6. The third-order valence-corrected chi connectivity index (χ3v) is 6.00. The van der Waals surface area contributed by atoms with Crippen LogP contribution in [0.2, 0.25) is 0 Å². The molecule has 9 nitrogen and oxygen atoms in total. The summed E-state index contributed by atoms with van der Waals surface area (Å²) in [5, 5.41) is 18.6. The standard InChI is InChI=1S/C22H23F4N7O2/c1-31-9-13(8-28-12-22(24,25)26)10-33-19(20(31)34)16-11-32(5-4-18(16)30-33)21(35)29-15-2-3-17(23)14(6-15)7-27/h2-3,6,13,28H,4-5,8-12H2,1H3,(H,29,35). The third kappa shape index (κ3) is 5.37. The summed E-state index contributed by atoms with van der Waals surface area (Å²) in [6.45, 7) is -0.0864. The van der Waals surface area contributed by atoms with Crippen molar-refractivity contribution in [2.75, 3.05) is 38.5 Å². The van der Waals surface area contributed by atoms with Crippen molar-refractivity contribution < 1.29 is 27.2 Å². The molecule has 0 fully saturated rings. The molecule has 2 aliphatic rings. The molecule has 2 N–H and O–H groups in total. The molecule has 13 heteroatoms. The number of nitriles is 1. The van der Waals surface area contributed by atoms with Crippen LogP contribution in [-0.2, 0) is 19.5 Å². The Kier molecular flexibility index (Phi) is 6.66. The lowest BCUT2D eigenvalue weighted by molar-refractivity contribution is -0.125. The molecule has 0 spiro atoms. The van der Waals surface area contributed by atoms with Crippen LogP contribution >= 0.6 is 0 Å². The highest BCUT2D eigenvalue weighted by Crippen LogP contribution is 2.27. The molecule has 4 rings (SSSR count). The van der Waals surface area contributed by atoms with E-state index in [0.29, 0.717) is 29.9 Å². The second-order valence-electron chi connectivity index (χ2n) is 8.66. The summed E-state index contributed by atoms with van der Waals surface area (Å²) >= 11 is 0. The molecule has 1 aromatic carbocycles. The molecule has 186 valence electrons. The van der Waals surface area contributed by atoms with Crippen molar-refractivity contribution in [2.24, 2.45) is 5.92 Å². The van der Waals surface area contributed by atoms with Crippen LogP contribution in [0.1, 0.15) is 27.3 Å². The molecule has 2 aromatic rings. The quantitative estimate of drug-likeness (QED) is 0.636. The van der Waals surface area contributed by atoms with Crippen LogP contribution in [-0.4, -0.2) is 70.9 Å². The van der Waals surface area contributed by atoms with Gasteiger partial charge in [-0.05, 0) is 18.2 Å². The maximum absolute atomic E-state index is 13.6. The number of aromatic nitrogens is 2. The average Bonchev–Trinajstić information content (AvgIpc) is 3.10. The maximum atomic E-state index is 13.6. The number of alkyl halides is 3. The van der Waals surface area contributed by atoms with Crippen LogP contribution in [0.25, 0.3) is 0 Å². The fraction of sp³-hybridized carbons (Fsp3) is 0.455. The summed E-state index contributed by atoms with van der Waals surface area (Å²) in [6.07, 6.45) is -3.93. The molecule has 1 aromatic heterocycles. The number of fused-ring (bicyclic) bond motifs is 3. The number of amides is 3. The van der Waals surface area contributed by atoms with Crippen LogP contribution < -0.4 is 10.6 Å². The van der Waals surface area contributed by atoms with Gasteiger partial charge in [-0.3, -0.25) is 9.48 Å². The number of hydrogen-bond donors (Lipinski definition) is 2. The second-order valence-corrected chi connectivity index (χ2v) is 8.66. The van der Waals surface area contributed by atoms with Gasteiger partial charge in [0, 0.05) is 56.8 Å². The van der Waals surface area contributed by atoms with Crippen molar-refractivity contribution in [1.82, 2.24) is 24.9 Å². The normalized spacial score (nSPS) is 17.9. The van der Waals surface area contributed by atoms with Crippen LogP contribution in [0.5, 0.6) is 0 Å². The molecule has 3 heterocycles. The Morgan fingerprint density at radius 1 is 1.31 bits per heavy atom. The van der Waals surface area contributed by atoms with Gasteiger partial charge in [-0.15, -0.1) is 0 Å². The Hall–Kier alpha value is -3.66. The molecule has 0 saturated heterocycles. The Balaban J connectivity index is 1.50. The summed E-state index contributed by atoms with van der Waals surface area (Å²) in [7, 11) is 1.59. The molecule has 0 saturated carbocycles. The molecule has 3 amide bonds. The molecule has 0 radical (unpaired) electrons. The third-order valence-electron chi connectivity index (χ3n) is 6.00. The van der Waals surface area contributed by atoms with Gasteiger partial charge >= 0.3 is 12.2 Å². The van der Waals surface area contributed by atoms with Gasteiger partial charge in [0.05, 0.1) is 24.3 Å². The maximum Gasteiger partial charge on any atom is 0.401 e. The van der Waals surface area contributed by atoms with Gasteiger partial charge in [-0.25, -0.2) is 9.18 Å². The highest BCUT2D eigenvalue weighted by Gasteiger charge is 2.35. The van der Waals surface area contributed by atoms with Gasteiger partial charge in [0.15, 0.2) is 0 Å². The number of nitrogens with zero attached hydrogens (tertiary/aromatic N) is 5. The number of nitrogens with one attached hydrogen (secondary N) is 2. The zero-order chi connectivity index (χ0) is 25.3. The Labute approximate surface area is 198 Å². The first kappa shape index (κ1) is 24.5. The van der Waals surface area contributed by atoms with E-state index in [1.54, 1.807) is 13.1 Å². The predicted molar refractivity (Wildman–Crippen MR) is 116 cm³/mol. The molecule has 35 heavy (non-hydrogen) atoms. The van der Waals surface area contributed by atoms with E-state index in [2.05, 4.69) is 15.7 Å². The molecular weight excluding hydrogens is 470 g/mol. The topological polar surface area (TPSA) is 106 Å². The molecular formula is C22H23F4N7O2. The van der Waals surface area contributed by atoms with Crippen LogP contribution in [0.4, 0.5) is 28.0 Å². The lowest BCUT2D eigenvalue weighted by Crippen LogP contribution is -2.40.